The lowest BCUT2D eigenvalue weighted by atomic mass is 9.95. The predicted octanol–water partition coefficient (Wildman–Crippen LogP) is 0.432. The van der Waals surface area contributed by atoms with Gasteiger partial charge in [0.05, 0.1) is 0 Å². The molecule has 0 aromatic carbocycles. The zero-order valence-electron chi connectivity index (χ0n) is 7.17. The molecule has 0 aromatic rings. The second-order valence-corrected chi connectivity index (χ2v) is 3.28. The topological polar surface area (TPSA) is 89.3 Å². The number of nitrogens with two attached hydrogens (primary N) is 2. The highest BCUT2D eigenvalue weighted by Gasteiger charge is 2.41. The van der Waals surface area contributed by atoms with Gasteiger partial charge in [0.1, 0.15) is 0 Å². The molecule has 0 aromatic heterocycles. The molecule has 0 aliphatic rings. The van der Waals surface area contributed by atoms with Gasteiger partial charge < -0.3 is 16.6 Å². The Balaban J connectivity index is 4.17. The number of alkyl halides is 2. The van der Waals surface area contributed by atoms with Crippen LogP contribution in [-0.4, -0.2) is 28.8 Å². The van der Waals surface area contributed by atoms with E-state index >= 15 is 0 Å². The number of rotatable bonds is 6. The average molecular weight is 213 g/mol. The van der Waals surface area contributed by atoms with Crippen molar-refractivity contribution < 1.29 is 14.3 Å². The summed E-state index contributed by atoms with van der Waals surface area (Å²) < 4.78 is 12.7. The number of carbonyl (C=O) groups is 1. The summed E-state index contributed by atoms with van der Waals surface area (Å²) in [5.41, 5.74) is 6.40. The number of carboxylic acid groups (broad SMARTS) is 1. The average Bonchev–Trinajstić information content (AvgIpc) is 2.03. The summed E-state index contributed by atoms with van der Waals surface area (Å²) in [6.07, 6.45) is 1.05. The molecule has 78 valence electrons. The van der Waals surface area contributed by atoms with Gasteiger partial charge in [-0.3, -0.25) is 4.79 Å². The first-order chi connectivity index (χ1) is 5.95. The minimum atomic E-state index is -2.08. The first-order valence-electron chi connectivity index (χ1n) is 3.95. The van der Waals surface area contributed by atoms with E-state index in [1.807, 2.05) is 0 Å². The molecule has 0 bridgehead atoms. The summed E-state index contributed by atoms with van der Waals surface area (Å²) in [5, 5.41) is 8.62. The van der Waals surface area contributed by atoms with Crippen LogP contribution in [0.4, 0.5) is 4.39 Å². The van der Waals surface area contributed by atoms with Gasteiger partial charge in [-0.05, 0) is 25.8 Å². The summed E-state index contributed by atoms with van der Waals surface area (Å²) in [6, 6.07) is 0. The van der Waals surface area contributed by atoms with Crippen LogP contribution in [0.3, 0.4) is 0 Å². The van der Waals surface area contributed by atoms with Crippen molar-refractivity contribution >= 4 is 17.6 Å². The summed E-state index contributed by atoms with van der Waals surface area (Å²) in [7, 11) is 0. The van der Waals surface area contributed by atoms with E-state index in [9.17, 15) is 9.18 Å². The third kappa shape index (κ3) is 3.46. The van der Waals surface area contributed by atoms with E-state index in [2.05, 4.69) is 0 Å². The molecular weight excluding hydrogens is 199 g/mol. The first kappa shape index (κ1) is 12.6. The van der Waals surface area contributed by atoms with E-state index in [1.165, 1.54) is 0 Å². The van der Waals surface area contributed by atoms with Crippen LogP contribution in [0, 0.1) is 0 Å². The summed E-state index contributed by atoms with van der Waals surface area (Å²) in [4.78, 5) is 10.6. The van der Waals surface area contributed by atoms with Crippen molar-refractivity contribution in [2.24, 2.45) is 11.5 Å². The van der Waals surface area contributed by atoms with E-state index in [0.717, 1.165) is 0 Å². The third-order valence-electron chi connectivity index (χ3n) is 1.83. The molecule has 13 heavy (non-hydrogen) atoms. The van der Waals surface area contributed by atoms with Gasteiger partial charge in [-0.2, -0.15) is 0 Å². The lowest BCUT2D eigenvalue weighted by Gasteiger charge is -2.24. The van der Waals surface area contributed by atoms with E-state index in [1.54, 1.807) is 0 Å². The molecule has 0 heterocycles. The molecule has 0 aliphatic heterocycles. The van der Waals surface area contributed by atoms with Crippen LogP contribution in [0.1, 0.15) is 19.3 Å². The number of hydrogen-bond donors (Lipinski definition) is 3. The number of unbranched alkanes of at least 4 members (excludes halogenated alkanes) is 1. The monoisotopic (exact) mass is 212 g/mol. The molecule has 0 aliphatic carbocycles. The Morgan fingerprint density at radius 3 is 2.46 bits per heavy atom. The molecule has 1 unspecified atom stereocenters. The fourth-order valence-electron chi connectivity index (χ4n) is 0.871. The Kier molecular flexibility index (Phi) is 5.20. The Bertz CT molecular complexity index is 180. The van der Waals surface area contributed by atoms with Gasteiger partial charge in [0, 0.05) is 0 Å². The van der Waals surface area contributed by atoms with Crippen molar-refractivity contribution in [2.45, 2.75) is 30.4 Å². The molecule has 0 amide bonds. The fourth-order valence-corrected chi connectivity index (χ4v) is 1.07. The quantitative estimate of drug-likeness (QED) is 0.440. The largest absolute Gasteiger partial charge is 0.480 e. The van der Waals surface area contributed by atoms with Gasteiger partial charge in [-0.15, -0.1) is 0 Å². The molecule has 0 saturated carbocycles. The summed E-state index contributed by atoms with van der Waals surface area (Å²) in [6.45, 7) is 0.426. The molecule has 2 atom stereocenters. The maximum absolute atomic E-state index is 12.7. The highest BCUT2D eigenvalue weighted by Crippen LogP contribution is 2.21. The second kappa shape index (κ2) is 5.36. The number of halogens is 2. The number of aliphatic carboxylic acids is 1. The van der Waals surface area contributed by atoms with Gasteiger partial charge in [-0.1, -0.05) is 11.6 Å². The van der Waals surface area contributed by atoms with Gasteiger partial charge in [0.15, 0.2) is 5.54 Å². The molecule has 0 fully saturated rings. The molecule has 0 saturated heterocycles. The van der Waals surface area contributed by atoms with Crippen molar-refractivity contribution in [3.05, 3.63) is 0 Å². The first-order valence-corrected chi connectivity index (χ1v) is 4.39. The molecule has 0 rings (SSSR count). The predicted molar refractivity (Wildman–Crippen MR) is 48.2 cm³/mol. The highest BCUT2D eigenvalue weighted by atomic mass is 35.5. The van der Waals surface area contributed by atoms with Crippen LogP contribution in [0.25, 0.3) is 0 Å². The van der Waals surface area contributed by atoms with Crippen molar-refractivity contribution in [2.75, 3.05) is 6.54 Å². The molecule has 5 N–H and O–H groups in total. The second-order valence-electron chi connectivity index (χ2n) is 2.89. The van der Waals surface area contributed by atoms with Crippen LogP contribution in [0.15, 0.2) is 0 Å². The molecule has 0 radical (unpaired) electrons. The minimum Gasteiger partial charge on any atom is -0.480 e. The Hall–Kier alpha value is -0.390. The van der Waals surface area contributed by atoms with Gasteiger partial charge in [0.25, 0.3) is 0 Å². The smallest absolute Gasteiger partial charge is 0.328 e. The maximum Gasteiger partial charge on any atom is 0.328 e. The van der Waals surface area contributed by atoms with E-state index in [0.29, 0.717) is 19.4 Å². The summed E-state index contributed by atoms with van der Waals surface area (Å²) in [5.74, 6) is -1.42. The SMILES string of the molecule is NCCCC[C@](N)(C(=O)O)C(F)Cl. The van der Waals surface area contributed by atoms with Gasteiger partial charge >= 0.3 is 5.97 Å². The third-order valence-corrected chi connectivity index (χ3v) is 2.22. The molecule has 6 heteroatoms. The van der Waals surface area contributed by atoms with E-state index in [4.69, 9.17) is 28.2 Å². The van der Waals surface area contributed by atoms with Crippen LogP contribution < -0.4 is 11.5 Å². The van der Waals surface area contributed by atoms with Crippen LogP contribution in [0.5, 0.6) is 0 Å². The minimum absolute atomic E-state index is 0.00972. The lowest BCUT2D eigenvalue weighted by molar-refractivity contribution is -0.145. The lowest BCUT2D eigenvalue weighted by Crippen LogP contribution is -2.53. The van der Waals surface area contributed by atoms with Gasteiger partial charge in [-0.25, -0.2) is 4.39 Å². The fraction of sp³-hybridized carbons (Fsp3) is 0.857. The van der Waals surface area contributed by atoms with Crippen molar-refractivity contribution in [1.29, 1.82) is 0 Å². The zero-order chi connectivity index (χ0) is 10.5. The Morgan fingerprint density at radius 1 is 1.62 bits per heavy atom. The maximum atomic E-state index is 12.7. The van der Waals surface area contributed by atoms with Gasteiger partial charge in [0.2, 0.25) is 5.63 Å². The van der Waals surface area contributed by atoms with E-state index < -0.39 is 17.1 Å². The Labute approximate surface area is 81.0 Å². The zero-order valence-corrected chi connectivity index (χ0v) is 7.93. The van der Waals surface area contributed by atoms with Crippen LogP contribution in [0.2, 0.25) is 0 Å². The molecule has 4 nitrogen and oxygen atoms in total. The highest BCUT2D eigenvalue weighted by molar-refractivity contribution is 6.22. The number of hydrogen-bond acceptors (Lipinski definition) is 3. The van der Waals surface area contributed by atoms with E-state index in [-0.39, 0.29) is 6.42 Å². The molecule has 0 spiro atoms. The summed E-state index contributed by atoms with van der Waals surface area (Å²) >= 11 is 5.06. The Morgan fingerprint density at radius 2 is 2.15 bits per heavy atom. The standard InChI is InChI=1S/C7H14ClFN2O2/c8-5(9)7(11,6(12)13)3-1-2-4-10/h5H,1-4,10-11H2,(H,12,13)/t5?,7-/m1/s1. The van der Waals surface area contributed by atoms with Crippen LogP contribution in [-0.2, 0) is 4.79 Å². The normalized spacial score (nSPS) is 17.8. The molecular formula is C7H14ClFN2O2. The van der Waals surface area contributed by atoms with Crippen molar-refractivity contribution in [1.82, 2.24) is 0 Å². The van der Waals surface area contributed by atoms with Crippen molar-refractivity contribution in [3.63, 3.8) is 0 Å². The van der Waals surface area contributed by atoms with Crippen LogP contribution >= 0.6 is 11.6 Å². The number of carboxylic acids is 1. The van der Waals surface area contributed by atoms with Crippen molar-refractivity contribution in [3.8, 4) is 0 Å².